The number of benzene rings is 1. The van der Waals surface area contributed by atoms with E-state index < -0.39 is 11.7 Å². The van der Waals surface area contributed by atoms with E-state index in [2.05, 4.69) is 15.2 Å². The van der Waals surface area contributed by atoms with Crippen molar-refractivity contribution < 1.29 is 14.3 Å². The Kier molecular flexibility index (Phi) is 6.45. The number of para-hydroxylation sites is 1. The van der Waals surface area contributed by atoms with Crippen LogP contribution in [0.2, 0.25) is 0 Å². The molecule has 0 bridgehead atoms. The molecule has 1 aromatic heterocycles. The van der Waals surface area contributed by atoms with E-state index >= 15 is 0 Å². The molecule has 0 unspecified atom stereocenters. The molecule has 5 rings (SSSR count). The Morgan fingerprint density at radius 1 is 1.14 bits per heavy atom. The number of rotatable bonds is 3. The van der Waals surface area contributed by atoms with Crippen LogP contribution in [0.3, 0.4) is 0 Å². The first-order valence-electron chi connectivity index (χ1n) is 12.2. The Balaban J connectivity index is 1.50. The van der Waals surface area contributed by atoms with Gasteiger partial charge in [-0.3, -0.25) is 4.90 Å². The fourth-order valence-corrected chi connectivity index (χ4v) is 5.37. The van der Waals surface area contributed by atoms with E-state index in [-0.39, 0.29) is 12.0 Å². The van der Waals surface area contributed by atoms with Crippen LogP contribution in [0.15, 0.2) is 51.7 Å². The van der Waals surface area contributed by atoms with Gasteiger partial charge in [0, 0.05) is 17.1 Å². The minimum atomic E-state index is -0.608. The number of ether oxygens (including phenoxy) is 2. The van der Waals surface area contributed by atoms with E-state index in [1.165, 1.54) is 0 Å². The molecule has 0 spiro atoms. The molecule has 3 aliphatic rings. The molecule has 3 heterocycles. The number of hydrogen-bond donors (Lipinski definition) is 1. The first-order chi connectivity index (χ1) is 16.8. The van der Waals surface area contributed by atoms with Crippen molar-refractivity contribution in [2.45, 2.75) is 64.7 Å². The number of allylic oxidation sites excluding steroid dienone is 1. The maximum absolute atomic E-state index is 13.2. The van der Waals surface area contributed by atoms with Crippen molar-refractivity contribution in [1.29, 1.82) is 0 Å². The molecule has 8 heteroatoms. The number of H-pyrrole nitrogens is 1. The number of halogens is 1. The first-order valence-corrected chi connectivity index (χ1v) is 12.6. The molecule has 2 aliphatic heterocycles. The van der Waals surface area contributed by atoms with Gasteiger partial charge in [-0.15, -0.1) is 0 Å². The molecular formula is C27H31ClN4O3. The highest BCUT2D eigenvalue weighted by atomic mass is 35.5. The van der Waals surface area contributed by atoms with Gasteiger partial charge >= 0.3 is 6.09 Å². The van der Waals surface area contributed by atoms with E-state index in [1.54, 1.807) is 11.1 Å². The lowest BCUT2D eigenvalue weighted by atomic mass is 9.81. The van der Waals surface area contributed by atoms with Gasteiger partial charge in [0.1, 0.15) is 11.4 Å². The quantitative estimate of drug-likeness (QED) is 0.621. The highest BCUT2D eigenvalue weighted by Gasteiger charge is 2.33. The largest absolute Gasteiger partial charge is 0.490 e. The molecular weight excluding hydrogens is 464 g/mol. The molecule has 184 valence electrons. The van der Waals surface area contributed by atoms with Crippen molar-refractivity contribution in [2.75, 3.05) is 11.4 Å². The van der Waals surface area contributed by atoms with Gasteiger partial charge in [0.2, 0.25) is 0 Å². The number of nitrogens with one attached hydrogen (secondary N) is 1. The van der Waals surface area contributed by atoms with Crippen LogP contribution in [0.1, 0.15) is 52.0 Å². The minimum absolute atomic E-state index is 0.184. The second kappa shape index (κ2) is 9.53. The van der Waals surface area contributed by atoms with Crippen LogP contribution < -0.4 is 20.3 Å². The molecule has 1 saturated carbocycles. The summed E-state index contributed by atoms with van der Waals surface area (Å²) in [6, 6.07) is 9.98. The number of carbonyl (C=O) groups is 1. The normalized spacial score (nSPS) is 21.9. The van der Waals surface area contributed by atoms with Gasteiger partial charge in [0.05, 0.1) is 35.2 Å². The SMILES string of the molecule is CC(C)(C)OC(=O)N1CC=C(Cl)C(C2CCC(Oc3ccccc3)CC2)=c2[nH]c3c(c21)CN=NC=3. The van der Waals surface area contributed by atoms with Crippen LogP contribution in [0.5, 0.6) is 5.75 Å². The predicted molar refractivity (Wildman–Crippen MR) is 137 cm³/mol. The number of aromatic nitrogens is 1. The molecule has 1 N–H and O–H groups in total. The third-order valence-corrected chi connectivity index (χ3v) is 6.95. The average Bonchev–Trinajstić information content (AvgIpc) is 3.12. The zero-order valence-electron chi connectivity index (χ0n) is 20.4. The van der Waals surface area contributed by atoms with Crippen molar-refractivity contribution in [1.82, 2.24) is 4.98 Å². The van der Waals surface area contributed by atoms with Crippen LogP contribution in [0.25, 0.3) is 11.8 Å². The average molecular weight is 495 g/mol. The smallest absolute Gasteiger partial charge is 0.415 e. The Morgan fingerprint density at radius 2 is 1.89 bits per heavy atom. The van der Waals surface area contributed by atoms with Gasteiger partial charge in [-0.05, 0) is 76.2 Å². The lowest BCUT2D eigenvalue weighted by Crippen LogP contribution is -2.39. The monoisotopic (exact) mass is 494 g/mol. The lowest BCUT2D eigenvalue weighted by molar-refractivity contribution is 0.0584. The number of nitrogens with zero attached hydrogens (tertiary/aromatic N) is 3. The summed E-state index contributed by atoms with van der Waals surface area (Å²) in [7, 11) is 0. The van der Waals surface area contributed by atoms with Crippen molar-refractivity contribution >= 4 is 35.2 Å². The van der Waals surface area contributed by atoms with Crippen molar-refractivity contribution in [3.8, 4) is 5.75 Å². The van der Waals surface area contributed by atoms with E-state index in [1.807, 2.05) is 57.2 Å². The summed E-state index contributed by atoms with van der Waals surface area (Å²) in [5.41, 5.74) is 2.18. The molecule has 1 amide bonds. The van der Waals surface area contributed by atoms with Crippen LogP contribution >= 0.6 is 11.6 Å². The topological polar surface area (TPSA) is 79.3 Å². The number of anilines is 1. The summed E-state index contributed by atoms with van der Waals surface area (Å²) >= 11 is 6.92. The molecule has 0 saturated heterocycles. The summed E-state index contributed by atoms with van der Waals surface area (Å²) in [6.07, 6.45) is 7.19. The van der Waals surface area contributed by atoms with E-state index in [9.17, 15) is 4.79 Å². The zero-order valence-corrected chi connectivity index (χ0v) is 21.1. The summed E-state index contributed by atoms with van der Waals surface area (Å²) in [6.45, 7) is 6.34. The molecule has 1 aromatic carbocycles. The summed E-state index contributed by atoms with van der Waals surface area (Å²) < 4.78 is 12.0. The van der Waals surface area contributed by atoms with Gasteiger partial charge < -0.3 is 14.5 Å². The minimum Gasteiger partial charge on any atom is -0.490 e. The second-order valence-corrected chi connectivity index (χ2v) is 10.7. The van der Waals surface area contributed by atoms with Gasteiger partial charge in [0.25, 0.3) is 0 Å². The zero-order chi connectivity index (χ0) is 24.6. The van der Waals surface area contributed by atoms with Crippen molar-refractivity contribution in [2.24, 2.45) is 16.1 Å². The van der Waals surface area contributed by atoms with Gasteiger partial charge in [0.15, 0.2) is 0 Å². The standard InChI is InChI=1S/C27H31ClN4O3/c1-27(2,3)35-26(33)32-14-13-21(28)23(24-25(32)20-15-29-30-16-22(20)31-24)17-9-11-19(12-10-17)34-18-7-5-4-6-8-18/h4-8,13,16-17,19,31H,9-12,14-15H2,1-3H3. The highest BCUT2D eigenvalue weighted by molar-refractivity contribution is 6.36. The molecule has 0 atom stereocenters. The number of azo groups is 1. The Hall–Kier alpha value is -3.06. The van der Waals surface area contributed by atoms with Gasteiger partial charge in [-0.2, -0.15) is 10.2 Å². The predicted octanol–water partition coefficient (Wildman–Crippen LogP) is 5.38. The molecule has 0 radical (unpaired) electrons. The van der Waals surface area contributed by atoms with Crippen molar-refractivity contribution in [3.63, 3.8) is 0 Å². The van der Waals surface area contributed by atoms with Gasteiger partial charge in [-0.1, -0.05) is 29.8 Å². The van der Waals surface area contributed by atoms with E-state index in [0.717, 1.165) is 59.0 Å². The molecule has 1 aliphatic carbocycles. The molecule has 2 aromatic rings. The Bertz CT molecular complexity index is 1280. The highest BCUT2D eigenvalue weighted by Crippen LogP contribution is 2.38. The third kappa shape index (κ3) is 5.01. The number of amides is 1. The van der Waals surface area contributed by atoms with Crippen LogP contribution in [-0.4, -0.2) is 29.3 Å². The Labute approximate surface area is 210 Å². The maximum Gasteiger partial charge on any atom is 0.415 e. The first kappa shape index (κ1) is 23.7. The summed E-state index contributed by atoms with van der Waals surface area (Å²) in [5, 5.41) is 10.7. The number of hydrogen-bond acceptors (Lipinski definition) is 5. The molecule has 35 heavy (non-hydrogen) atoms. The Morgan fingerprint density at radius 3 is 2.60 bits per heavy atom. The molecule has 7 nitrogen and oxygen atoms in total. The lowest BCUT2D eigenvalue weighted by Gasteiger charge is -2.30. The summed E-state index contributed by atoms with van der Waals surface area (Å²) in [4.78, 5) is 18.4. The number of aromatic amines is 1. The number of carbonyl (C=O) groups excluding carboxylic acids is 1. The van der Waals surface area contributed by atoms with Crippen LogP contribution in [0.4, 0.5) is 10.5 Å². The summed E-state index contributed by atoms with van der Waals surface area (Å²) in [5.74, 6) is 1.16. The van der Waals surface area contributed by atoms with E-state index in [4.69, 9.17) is 21.1 Å². The van der Waals surface area contributed by atoms with Crippen LogP contribution in [0, 0.1) is 5.92 Å². The second-order valence-electron chi connectivity index (χ2n) is 10.2. The van der Waals surface area contributed by atoms with Crippen LogP contribution in [-0.2, 0) is 11.3 Å². The molecule has 1 fully saturated rings. The van der Waals surface area contributed by atoms with Gasteiger partial charge in [-0.25, -0.2) is 4.79 Å². The fraction of sp³-hybridized carbons (Fsp3) is 0.444. The maximum atomic E-state index is 13.2. The number of fused-ring (bicyclic) bond motifs is 3. The fourth-order valence-electron chi connectivity index (χ4n) is 5.06. The van der Waals surface area contributed by atoms with Crippen molar-refractivity contribution in [3.05, 3.63) is 57.7 Å². The third-order valence-electron chi connectivity index (χ3n) is 6.60. The van der Waals surface area contributed by atoms with E-state index in [0.29, 0.717) is 18.1 Å².